The summed E-state index contributed by atoms with van der Waals surface area (Å²) in [5, 5.41) is 10.5. The van der Waals surface area contributed by atoms with Crippen LogP contribution in [0.3, 0.4) is 0 Å². The van der Waals surface area contributed by atoms with Gasteiger partial charge in [0.2, 0.25) is 0 Å². The molecule has 24 heavy (non-hydrogen) atoms. The highest BCUT2D eigenvalue weighted by atomic mass is 35.5. The van der Waals surface area contributed by atoms with Crippen LogP contribution >= 0.6 is 23.2 Å². The second kappa shape index (κ2) is 8.96. The minimum atomic E-state index is -3.11. The zero-order valence-corrected chi connectivity index (χ0v) is 14.5. The summed E-state index contributed by atoms with van der Waals surface area (Å²) in [4.78, 5) is 12.1. The van der Waals surface area contributed by atoms with Crippen LogP contribution in [0, 0.1) is 5.41 Å². The van der Waals surface area contributed by atoms with Crippen LogP contribution in [-0.4, -0.2) is 31.2 Å². The van der Waals surface area contributed by atoms with Crippen LogP contribution in [0.1, 0.15) is 18.6 Å². The van der Waals surface area contributed by atoms with Crippen LogP contribution in [0.4, 0.5) is 8.78 Å². The molecule has 0 aliphatic heterocycles. The predicted octanol–water partition coefficient (Wildman–Crippen LogP) is 3.31. The number of carbonyl (C=O) groups is 1. The number of halogens is 4. The van der Waals surface area contributed by atoms with Gasteiger partial charge < -0.3 is 15.8 Å². The monoisotopic (exact) mass is 379 g/mol. The van der Waals surface area contributed by atoms with Gasteiger partial charge in [-0.25, -0.2) is 8.78 Å². The zero-order valence-electron chi connectivity index (χ0n) is 12.9. The molecule has 0 heterocycles. The average molecular weight is 380 g/mol. The molecule has 0 saturated heterocycles. The molecule has 0 fully saturated rings. The Morgan fingerprint density at radius 1 is 1.42 bits per heavy atom. The van der Waals surface area contributed by atoms with E-state index in [0.717, 1.165) is 0 Å². The third-order valence-electron chi connectivity index (χ3n) is 3.26. The van der Waals surface area contributed by atoms with Crippen LogP contribution < -0.4 is 11.1 Å². The van der Waals surface area contributed by atoms with Crippen molar-refractivity contribution in [3.05, 3.63) is 45.6 Å². The molecule has 0 spiro atoms. The van der Waals surface area contributed by atoms with Crippen molar-refractivity contribution in [2.45, 2.75) is 25.5 Å². The summed E-state index contributed by atoms with van der Waals surface area (Å²) in [6, 6.07) is 4.14. The molecule has 1 rings (SSSR count). The lowest BCUT2D eigenvalue weighted by atomic mass is 10.0. The molecule has 0 bridgehead atoms. The van der Waals surface area contributed by atoms with Gasteiger partial charge in [0.25, 0.3) is 12.3 Å². The number of rotatable bonds is 7. The van der Waals surface area contributed by atoms with Gasteiger partial charge in [-0.05, 0) is 19.1 Å². The van der Waals surface area contributed by atoms with Crippen molar-refractivity contribution in [2.75, 3.05) is 7.11 Å². The Morgan fingerprint density at radius 2 is 2.04 bits per heavy atom. The summed E-state index contributed by atoms with van der Waals surface area (Å²) >= 11 is 12.0. The lowest BCUT2D eigenvalue weighted by Gasteiger charge is -2.25. The van der Waals surface area contributed by atoms with Crippen molar-refractivity contribution >= 4 is 34.8 Å². The molecule has 0 aliphatic carbocycles. The SMILES string of the molecule is COC(c1ccc(Cl)cc1Cl)C(C)NC(=O)/C(=C/N)C(=N)C(F)F. The molecule has 2 unspecified atom stereocenters. The molecule has 0 aliphatic rings. The number of hydrogen-bond acceptors (Lipinski definition) is 4. The Kier molecular flexibility index (Phi) is 7.59. The van der Waals surface area contributed by atoms with Crippen molar-refractivity contribution in [3.8, 4) is 0 Å². The molecular weight excluding hydrogens is 363 g/mol. The van der Waals surface area contributed by atoms with E-state index >= 15 is 0 Å². The Balaban J connectivity index is 2.96. The maximum absolute atomic E-state index is 12.6. The first kappa shape index (κ1) is 20.3. The minimum absolute atomic E-state index is 0.338. The smallest absolute Gasteiger partial charge is 0.280 e. The molecule has 1 amide bonds. The lowest BCUT2D eigenvalue weighted by Crippen LogP contribution is -2.40. The number of ether oxygens (including phenoxy) is 1. The Bertz CT molecular complexity index is 654. The van der Waals surface area contributed by atoms with Crippen LogP contribution in [0.2, 0.25) is 10.0 Å². The van der Waals surface area contributed by atoms with Crippen molar-refractivity contribution in [2.24, 2.45) is 5.73 Å². The molecule has 4 N–H and O–H groups in total. The van der Waals surface area contributed by atoms with Gasteiger partial charge in [0, 0.05) is 28.9 Å². The molecular formula is C15H17Cl2F2N3O2. The predicted molar refractivity (Wildman–Crippen MR) is 89.8 cm³/mol. The summed E-state index contributed by atoms with van der Waals surface area (Å²) in [5.41, 5.74) is 4.00. The molecule has 9 heteroatoms. The molecule has 0 saturated carbocycles. The van der Waals surface area contributed by atoms with E-state index in [1.54, 1.807) is 19.1 Å². The number of amides is 1. The number of nitrogens with one attached hydrogen (secondary N) is 2. The average Bonchev–Trinajstić information content (AvgIpc) is 2.50. The fourth-order valence-electron chi connectivity index (χ4n) is 2.10. The van der Waals surface area contributed by atoms with Crippen molar-refractivity contribution in [3.63, 3.8) is 0 Å². The van der Waals surface area contributed by atoms with Crippen LogP contribution in [-0.2, 0) is 9.53 Å². The van der Waals surface area contributed by atoms with Crippen molar-refractivity contribution < 1.29 is 18.3 Å². The molecule has 5 nitrogen and oxygen atoms in total. The van der Waals surface area contributed by atoms with Gasteiger partial charge in [0.15, 0.2) is 0 Å². The van der Waals surface area contributed by atoms with E-state index in [2.05, 4.69) is 5.32 Å². The van der Waals surface area contributed by atoms with Gasteiger partial charge in [0.1, 0.15) is 11.8 Å². The quantitative estimate of drug-likeness (QED) is 0.501. The van der Waals surface area contributed by atoms with E-state index < -0.39 is 35.8 Å². The fourth-order valence-corrected chi connectivity index (χ4v) is 2.61. The first-order valence-electron chi connectivity index (χ1n) is 6.80. The highest BCUT2D eigenvalue weighted by molar-refractivity contribution is 6.35. The molecule has 1 aromatic carbocycles. The van der Waals surface area contributed by atoms with Crippen LogP contribution in [0.15, 0.2) is 30.0 Å². The molecule has 0 radical (unpaired) electrons. The summed E-state index contributed by atoms with van der Waals surface area (Å²) in [5.74, 6) is -0.901. The summed E-state index contributed by atoms with van der Waals surface area (Å²) in [6.45, 7) is 1.61. The first-order chi connectivity index (χ1) is 11.2. The topological polar surface area (TPSA) is 88.2 Å². The normalized spacial score (nSPS) is 14.4. The van der Waals surface area contributed by atoms with Gasteiger partial charge >= 0.3 is 0 Å². The highest BCUT2D eigenvalue weighted by Gasteiger charge is 2.27. The van der Waals surface area contributed by atoms with Gasteiger partial charge in [-0.1, -0.05) is 29.3 Å². The Hall–Kier alpha value is -1.70. The maximum atomic E-state index is 12.6. The fraction of sp³-hybridized carbons (Fsp3) is 0.333. The number of benzene rings is 1. The summed E-state index contributed by atoms with van der Waals surface area (Å²) in [7, 11) is 1.42. The lowest BCUT2D eigenvalue weighted by molar-refractivity contribution is -0.118. The van der Waals surface area contributed by atoms with E-state index in [1.807, 2.05) is 0 Å². The number of carbonyl (C=O) groups excluding carboxylic acids is 1. The van der Waals surface area contributed by atoms with Crippen molar-refractivity contribution in [1.29, 1.82) is 5.41 Å². The Morgan fingerprint density at radius 3 is 2.50 bits per heavy atom. The van der Waals surface area contributed by atoms with Gasteiger partial charge in [0.05, 0.1) is 11.6 Å². The number of alkyl halides is 2. The summed E-state index contributed by atoms with van der Waals surface area (Å²) < 4.78 is 30.5. The second-order valence-electron chi connectivity index (χ2n) is 4.88. The highest BCUT2D eigenvalue weighted by Crippen LogP contribution is 2.30. The first-order valence-corrected chi connectivity index (χ1v) is 7.56. The molecule has 2 atom stereocenters. The molecule has 132 valence electrons. The van der Waals surface area contributed by atoms with Crippen LogP contribution in [0.25, 0.3) is 0 Å². The number of hydrogen-bond donors (Lipinski definition) is 3. The van der Waals surface area contributed by atoms with E-state index in [1.165, 1.54) is 13.2 Å². The standard InChI is InChI=1S/C15H17Cl2F2N3O2/c1-7(22-15(23)10(6-20)12(21)14(18)19)13(24-2)9-4-3-8(16)5-11(9)17/h3-7,13-14,21H,20H2,1-2H3,(H,22,23)/b10-6+,21-12?. The van der Waals surface area contributed by atoms with Gasteiger partial charge in [-0.15, -0.1) is 0 Å². The molecule has 0 aromatic heterocycles. The maximum Gasteiger partial charge on any atom is 0.280 e. The minimum Gasteiger partial charge on any atom is -0.404 e. The molecule has 1 aromatic rings. The van der Waals surface area contributed by atoms with Gasteiger partial charge in [-0.2, -0.15) is 0 Å². The van der Waals surface area contributed by atoms with E-state index in [9.17, 15) is 13.6 Å². The Labute approximate surface area is 148 Å². The van der Waals surface area contributed by atoms with E-state index in [4.69, 9.17) is 39.1 Å². The summed E-state index contributed by atoms with van der Waals surface area (Å²) in [6.07, 6.45) is -3.09. The third kappa shape index (κ3) is 4.90. The number of methoxy groups -OCH3 is 1. The largest absolute Gasteiger partial charge is 0.404 e. The zero-order chi connectivity index (χ0) is 18.4. The van der Waals surface area contributed by atoms with Crippen LogP contribution in [0.5, 0.6) is 0 Å². The third-order valence-corrected chi connectivity index (χ3v) is 3.82. The number of nitrogens with two attached hydrogens (primary N) is 1. The van der Waals surface area contributed by atoms with Gasteiger partial charge in [-0.3, -0.25) is 10.2 Å². The van der Waals surface area contributed by atoms with E-state index in [-0.39, 0.29) is 0 Å². The second-order valence-corrected chi connectivity index (χ2v) is 5.72. The van der Waals surface area contributed by atoms with E-state index in [0.29, 0.717) is 21.8 Å². The van der Waals surface area contributed by atoms with Crippen molar-refractivity contribution in [1.82, 2.24) is 5.32 Å².